The fraction of sp³-hybridized carbons (Fsp3) is 0.917. The molecular formula is C12H24N2O2. The van der Waals surface area contributed by atoms with Crippen molar-refractivity contribution in [2.45, 2.75) is 39.2 Å². The summed E-state index contributed by atoms with van der Waals surface area (Å²) in [6, 6.07) is 0.210. The van der Waals surface area contributed by atoms with Crippen LogP contribution in [0.3, 0.4) is 0 Å². The van der Waals surface area contributed by atoms with Crippen molar-refractivity contribution in [2.75, 3.05) is 32.8 Å². The van der Waals surface area contributed by atoms with Crippen LogP contribution in [0.5, 0.6) is 0 Å². The highest BCUT2D eigenvalue weighted by molar-refractivity contribution is 5.69. The summed E-state index contributed by atoms with van der Waals surface area (Å²) in [4.78, 5) is 13.7. The number of carbonyl (C=O) groups excluding carboxylic acids is 1. The Morgan fingerprint density at radius 3 is 2.75 bits per heavy atom. The summed E-state index contributed by atoms with van der Waals surface area (Å²) in [5.41, 5.74) is 0. The number of hydrogen-bond donors (Lipinski definition) is 1. The molecule has 0 amide bonds. The summed E-state index contributed by atoms with van der Waals surface area (Å²) < 4.78 is 4.90. The van der Waals surface area contributed by atoms with Crippen LogP contribution in [-0.2, 0) is 9.53 Å². The third-order valence-corrected chi connectivity index (χ3v) is 2.90. The molecule has 1 atom stereocenters. The number of carbonyl (C=O) groups is 1. The Bertz CT molecular complexity index is 203. The average Bonchev–Trinajstić information content (AvgIpc) is 2.70. The topological polar surface area (TPSA) is 41.6 Å². The first-order valence-corrected chi connectivity index (χ1v) is 6.33. The van der Waals surface area contributed by atoms with Gasteiger partial charge in [-0.25, -0.2) is 0 Å². The van der Waals surface area contributed by atoms with Crippen LogP contribution in [0.15, 0.2) is 0 Å². The van der Waals surface area contributed by atoms with Crippen LogP contribution >= 0.6 is 0 Å². The maximum atomic E-state index is 11.2. The third-order valence-electron chi connectivity index (χ3n) is 2.90. The second-order valence-electron chi connectivity index (χ2n) is 4.41. The average molecular weight is 228 g/mol. The molecule has 0 bridgehead atoms. The molecule has 0 saturated carbocycles. The van der Waals surface area contributed by atoms with Gasteiger partial charge < -0.3 is 15.0 Å². The Morgan fingerprint density at radius 2 is 2.12 bits per heavy atom. The van der Waals surface area contributed by atoms with E-state index in [1.807, 2.05) is 13.8 Å². The predicted molar refractivity (Wildman–Crippen MR) is 64.4 cm³/mol. The molecule has 1 heterocycles. The van der Waals surface area contributed by atoms with Crippen LogP contribution in [0.4, 0.5) is 0 Å². The van der Waals surface area contributed by atoms with Gasteiger partial charge in [-0.3, -0.25) is 4.79 Å². The number of hydrogen-bond acceptors (Lipinski definition) is 4. The highest BCUT2D eigenvalue weighted by atomic mass is 16.5. The maximum absolute atomic E-state index is 11.2. The molecule has 0 spiro atoms. The van der Waals surface area contributed by atoms with E-state index in [1.165, 1.54) is 25.9 Å². The Kier molecular flexibility index (Phi) is 6.42. The Labute approximate surface area is 98.3 Å². The van der Waals surface area contributed by atoms with Crippen molar-refractivity contribution >= 4 is 5.97 Å². The van der Waals surface area contributed by atoms with Crippen LogP contribution in [-0.4, -0.2) is 49.7 Å². The molecule has 0 aromatic rings. The second-order valence-corrected chi connectivity index (χ2v) is 4.41. The minimum Gasteiger partial charge on any atom is -0.466 e. The fourth-order valence-corrected chi connectivity index (χ4v) is 2.02. The van der Waals surface area contributed by atoms with Gasteiger partial charge in [0, 0.05) is 19.1 Å². The van der Waals surface area contributed by atoms with Crippen molar-refractivity contribution in [3.63, 3.8) is 0 Å². The van der Waals surface area contributed by atoms with Gasteiger partial charge in [-0.05, 0) is 39.8 Å². The first kappa shape index (κ1) is 13.5. The minimum atomic E-state index is -0.108. The first-order chi connectivity index (χ1) is 7.72. The summed E-state index contributed by atoms with van der Waals surface area (Å²) in [6.45, 7) is 8.85. The Balaban J connectivity index is 2.00. The van der Waals surface area contributed by atoms with Crippen molar-refractivity contribution in [3.8, 4) is 0 Å². The van der Waals surface area contributed by atoms with Crippen LogP contribution in [0.2, 0.25) is 0 Å². The van der Waals surface area contributed by atoms with Crippen molar-refractivity contribution in [1.29, 1.82) is 0 Å². The molecule has 1 aliphatic heterocycles. The van der Waals surface area contributed by atoms with E-state index in [0.29, 0.717) is 13.0 Å². The Hall–Kier alpha value is -0.610. The van der Waals surface area contributed by atoms with Gasteiger partial charge in [0.05, 0.1) is 13.0 Å². The lowest BCUT2D eigenvalue weighted by Gasteiger charge is -2.17. The van der Waals surface area contributed by atoms with E-state index in [-0.39, 0.29) is 12.0 Å². The summed E-state index contributed by atoms with van der Waals surface area (Å²) in [5.74, 6) is -0.108. The molecule has 4 nitrogen and oxygen atoms in total. The van der Waals surface area contributed by atoms with Gasteiger partial charge in [0.25, 0.3) is 0 Å². The van der Waals surface area contributed by atoms with E-state index >= 15 is 0 Å². The highest BCUT2D eigenvalue weighted by Crippen LogP contribution is 2.05. The largest absolute Gasteiger partial charge is 0.466 e. The number of likely N-dealkylation sites (tertiary alicyclic amines) is 1. The normalized spacial score (nSPS) is 18.6. The van der Waals surface area contributed by atoms with Crippen molar-refractivity contribution < 1.29 is 9.53 Å². The van der Waals surface area contributed by atoms with Gasteiger partial charge in [0.15, 0.2) is 0 Å². The molecular weight excluding hydrogens is 204 g/mol. The fourth-order valence-electron chi connectivity index (χ4n) is 2.02. The molecule has 16 heavy (non-hydrogen) atoms. The Morgan fingerprint density at radius 1 is 1.44 bits per heavy atom. The number of esters is 1. The maximum Gasteiger partial charge on any atom is 0.307 e. The smallest absolute Gasteiger partial charge is 0.307 e. The number of nitrogens with zero attached hydrogens (tertiary/aromatic N) is 1. The SMILES string of the molecule is CCOC(=O)CC(C)NCCN1CCCC1. The van der Waals surface area contributed by atoms with E-state index in [1.54, 1.807) is 0 Å². The van der Waals surface area contributed by atoms with Gasteiger partial charge >= 0.3 is 5.97 Å². The van der Waals surface area contributed by atoms with Gasteiger partial charge in [-0.1, -0.05) is 0 Å². The second kappa shape index (κ2) is 7.63. The zero-order valence-corrected chi connectivity index (χ0v) is 10.5. The standard InChI is InChI=1S/C12H24N2O2/c1-3-16-12(15)10-11(2)13-6-9-14-7-4-5-8-14/h11,13H,3-10H2,1-2H3. The number of ether oxygens (including phenoxy) is 1. The highest BCUT2D eigenvalue weighted by Gasteiger charge is 2.12. The lowest BCUT2D eigenvalue weighted by molar-refractivity contribution is -0.143. The summed E-state index contributed by atoms with van der Waals surface area (Å²) in [7, 11) is 0. The molecule has 1 rings (SSSR count). The molecule has 1 saturated heterocycles. The van der Waals surface area contributed by atoms with Crippen LogP contribution < -0.4 is 5.32 Å². The molecule has 1 fully saturated rings. The van der Waals surface area contributed by atoms with Crippen LogP contribution in [0, 0.1) is 0 Å². The first-order valence-electron chi connectivity index (χ1n) is 6.33. The van der Waals surface area contributed by atoms with Gasteiger partial charge in [-0.15, -0.1) is 0 Å². The van der Waals surface area contributed by atoms with Crippen LogP contribution in [0.25, 0.3) is 0 Å². The monoisotopic (exact) mass is 228 g/mol. The molecule has 0 aromatic heterocycles. The molecule has 0 aromatic carbocycles. The van der Waals surface area contributed by atoms with E-state index in [0.717, 1.165) is 13.1 Å². The molecule has 1 N–H and O–H groups in total. The minimum absolute atomic E-state index is 0.108. The lowest BCUT2D eigenvalue weighted by atomic mass is 10.2. The van der Waals surface area contributed by atoms with E-state index in [2.05, 4.69) is 10.2 Å². The summed E-state index contributed by atoms with van der Waals surface area (Å²) in [5, 5.41) is 3.36. The van der Waals surface area contributed by atoms with Gasteiger partial charge in [0.2, 0.25) is 0 Å². The van der Waals surface area contributed by atoms with Crippen molar-refractivity contribution in [3.05, 3.63) is 0 Å². The van der Waals surface area contributed by atoms with E-state index in [9.17, 15) is 4.79 Å². The summed E-state index contributed by atoms with van der Waals surface area (Å²) >= 11 is 0. The molecule has 0 aliphatic carbocycles. The van der Waals surface area contributed by atoms with Gasteiger partial charge in [0.1, 0.15) is 0 Å². The number of nitrogens with one attached hydrogen (secondary N) is 1. The molecule has 1 unspecified atom stereocenters. The van der Waals surface area contributed by atoms with E-state index in [4.69, 9.17) is 4.74 Å². The number of rotatable bonds is 7. The third kappa shape index (κ3) is 5.47. The van der Waals surface area contributed by atoms with E-state index < -0.39 is 0 Å². The molecule has 4 heteroatoms. The van der Waals surface area contributed by atoms with Crippen molar-refractivity contribution in [2.24, 2.45) is 0 Å². The molecule has 1 aliphatic rings. The molecule has 0 radical (unpaired) electrons. The lowest BCUT2D eigenvalue weighted by Crippen LogP contribution is -2.36. The predicted octanol–water partition coefficient (Wildman–Crippen LogP) is 1.01. The summed E-state index contributed by atoms with van der Waals surface area (Å²) in [6.07, 6.45) is 3.13. The van der Waals surface area contributed by atoms with Crippen LogP contribution in [0.1, 0.15) is 33.1 Å². The molecule has 94 valence electrons. The quantitative estimate of drug-likeness (QED) is 0.660. The zero-order valence-electron chi connectivity index (χ0n) is 10.5. The van der Waals surface area contributed by atoms with Crippen molar-refractivity contribution in [1.82, 2.24) is 10.2 Å². The van der Waals surface area contributed by atoms with Gasteiger partial charge in [-0.2, -0.15) is 0 Å². The zero-order chi connectivity index (χ0) is 11.8.